The van der Waals surface area contributed by atoms with Gasteiger partial charge in [-0.3, -0.25) is 4.79 Å². The van der Waals surface area contributed by atoms with Gasteiger partial charge in [-0.1, -0.05) is 13.8 Å². The van der Waals surface area contributed by atoms with Crippen molar-refractivity contribution in [1.82, 2.24) is 9.62 Å². The summed E-state index contributed by atoms with van der Waals surface area (Å²) < 4.78 is 26.4. The minimum atomic E-state index is -3.39. The van der Waals surface area contributed by atoms with Gasteiger partial charge in [-0.2, -0.15) is 4.31 Å². The number of hydrogen-bond acceptors (Lipinski definition) is 5. The molecule has 120 valence electrons. The normalized spacial score (nSPS) is 13.4. The third-order valence-electron chi connectivity index (χ3n) is 3.02. The molecule has 0 fully saturated rings. The molecular weight excluding hydrogens is 310 g/mol. The zero-order valence-electron chi connectivity index (χ0n) is 12.6. The SMILES string of the molecule is CCN(CC)S(=O)(=O)c1ccc(CCNC(=O)[C@H](C)N)s1. The van der Waals surface area contributed by atoms with Crippen molar-refractivity contribution in [3.63, 3.8) is 0 Å². The Labute approximate surface area is 130 Å². The van der Waals surface area contributed by atoms with Gasteiger partial charge in [0.05, 0.1) is 6.04 Å². The van der Waals surface area contributed by atoms with E-state index in [9.17, 15) is 13.2 Å². The molecule has 1 atom stereocenters. The first-order chi connectivity index (χ1) is 9.82. The van der Waals surface area contributed by atoms with Crippen molar-refractivity contribution in [2.24, 2.45) is 5.73 Å². The number of amides is 1. The second-order valence-corrected chi connectivity index (χ2v) is 7.97. The molecule has 1 aromatic rings. The Kier molecular flexibility index (Phi) is 6.79. The Balaban J connectivity index is 2.67. The van der Waals surface area contributed by atoms with Crippen LogP contribution >= 0.6 is 11.3 Å². The summed E-state index contributed by atoms with van der Waals surface area (Å²) in [5.74, 6) is -0.206. The summed E-state index contributed by atoms with van der Waals surface area (Å²) in [6.45, 7) is 6.62. The first-order valence-corrected chi connectivity index (χ1v) is 9.20. The Morgan fingerprint density at radius 1 is 1.38 bits per heavy atom. The van der Waals surface area contributed by atoms with Crippen LogP contribution in [0.1, 0.15) is 25.6 Å². The highest BCUT2D eigenvalue weighted by Crippen LogP contribution is 2.25. The van der Waals surface area contributed by atoms with Gasteiger partial charge in [0, 0.05) is 24.5 Å². The smallest absolute Gasteiger partial charge is 0.252 e. The summed E-state index contributed by atoms with van der Waals surface area (Å²) in [6.07, 6.45) is 0.594. The maximum absolute atomic E-state index is 12.3. The van der Waals surface area contributed by atoms with E-state index in [1.807, 2.05) is 13.8 Å². The highest BCUT2D eigenvalue weighted by molar-refractivity contribution is 7.91. The topological polar surface area (TPSA) is 92.5 Å². The number of nitrogens with zero attached hydrogens (tertiary/aromatic N) is 1. The second kappa shape index (κ2) is 7.88. The maximum atomic E-state index is 12.3. The van der Waals surface area contributed by atoms with E-state index in [-0.39, 0.29) is 5.91 Å². The Hall–Kier alpha value is -0.960. The zero-order chi connectivity index (χ0) is 16.0. The van der Waals surface area contributed by atoms with Gasteiger partial charge in [-0.25, -0.2) is 8.42 Å². The monoisotopic (exact) mass is 333 g/mol. The van der Waals surface area contributed by atoms with Crippen molar-refractivity contribution >= 4 is 27.3 Å². The molecule has 21 heavy (non-hydrogen) atoms. The lowest BCUT2D eigenvalue weighted by molar-refractivity contribution is -0.121. The summed E-state index contributed by atoms with van der Waals surface area (Å²) in [5, 5.41) is 2.71. The first-order valence-electron chi connectivity index (χ1n) is 6.95. The van der Waals surface area contributed by atoms with Gasteiger partial charge < -0.3 is 11.1 Å². The molecule has 1 aromatic heterocycles. The molecule has 3 N–H and O–H groups in total. The molecule has 0 aliphatic heterocycles. The van der Waals surface area contributed by atoms with Crippen molar-refractivity contribution in [2.45, 2.75) is 37.4 Å². The van der Waals surface area contributed by atoms with Gasteiger partial charge in [-0.05, 0) is 25.5 Å². The lowest BCUT2D eigenvalue weighted by Crippen LogP contribution is -2.39. The number of hydrogen-bond donors (Lipinski definition) is 2. The van der Waals surface area contributed by atoms with Gasteiger partial charge >= 0.3 is 0 Å². The predicted octanol–water partition coefficient (Wildman–Crippen LogP) is 0.785. The molecule has 0 saturated carbocycles. The Morgan fingerprint density at radius 2 is 2.00 bits per heavy atom. The first kappa shape index (κ1) is 18.1. The fraction of sp³-hybridized carbons (Fsp3) is 0.615. The molecule has 0 radical (unpaired) electrons. The van der Waals surface area contributed by atoms with Crippen LogP contribution < -0.4 is 11.1 Å². The summed E-state index contributed by atoms with van der Waals surface area (Å²) in [4.78, 5) is 12.3. The number of carbonyl (C=O) groups is 1. The average molecular weight is 333 g/mol. The van der Waals surface area contributed by atoms with Gasteiger partial charge in [0.1, 0.15) is 4.21 Å². The third kappa shape index (κ3) is 4.77. The van der Waals surface area contributed by atoms with E-state index in [0.717, 1.165) is 4.88 Å². The molecule has 1 rings (SSSR count). The molecule has 0 aliphatic rings. The molecule has 0 saturated heterocycles. The summed E-state index contributed by atoms with van der Waals surface area (Å²) in [5.41, 5.74) is 5.45. The minimum Gasteiger partial charge on any atom is -0.354 e. The molecule has 0 spiro atoms. The van der Waals surface area contributed by atoms with E-state index in [1.165, 1.54) is 15.6 Å². The van der Waals surface area contributed by atoms with E-state index in [4.69, 9.17) is 5.73 Å². The quantitative estimate of drug-likeness (QED) is 0.735. The van der Waals surface area contributed by atoms with Crippen LogP contribution in [0.5, 0.6) is 0 Å². The largest absolute Gasteiger partial charge is 0.354 e. The summed E-state index contributed by atoms with van der Waals surface area (Å²) >= 11 is 1.25. The Morgan fingerprint density at radius 3 is 2.52 bits per heavy atom. The number of sulfonamides is 1. The van der Waals surface area contributed by atoms with Crippen LogP contribution in [-0.2, 0) is 21.2 Å². The van der Waals surface area contributed by atoms with Crippen LogP contribution in [0.2, 0.25) is 0 Å². The van der Waals surface area contributed by atoms with Crippen molar-refractivity contribution in [3.8, 4) is 0 Å². The molecule has 0 bridgehead atoms. The average Bonchev–Trinajstić information content (AvgIpc) is 2.89. The fourth-order valence-corrected chi connectivity index (χ4v) is 4.76. The molecule has 0 aliphatic carbocycles. The van der Waals surface area contributed by atoms with Crippen molar-refractivity contribution in [1.29, 1.82) is 0 Å². The number of rotatable bonds is 8. The van der Waals surface area contributed by atoms with Crippen molar-refractivity contribution < 1.29 is 13.2 Å². The number of thiophene rings is 1. The summed E-state index contributed by atoms with van der Waals surface area (Å²) in [6, 6.07) is 2.88. The predicted molar refractivity (Wildman–Crippen MR) is 84.8 cm³/mol. The summed E-state index contributed by atoms with van der Waals surface area (Å²) in [7, 11) is -3.39. The standard InChI is InChI=1S/C13H23N3O3S2/c1-4-16(5-2)21(18,19)12-7-6-11(20-12)8-9-15-13(17)10(3)14/h6-7,10H,4-5,8-9,14H2,1-3H3,(H,15,17)/t10-/m0/s1. The molecule has 1 amide bonds. The number of carbonyl (C=O) groups excluding carboxylic acids is 1. The highest BCUT2D eigenvalue weighted by Gasteiger charge is 2.23. The maximum Gasteiger partial charge on any atom is 0.252 e. The van der Waals surface area contributed by atoms with Crippen LogP contribution in [0.15, 0.2) is 16.3 Å². The van der Waals surface area contributed by atoms with E-state index in [1.54, 1.807) is 19.1 Å². The highest BCUT2D eigenvalue weighted by atomic mass is 32.2. The van der Waals surface area contributed by atoms with E-state index in [0.29, 0.717) is 30.3 Å². The number of nitrogens with two attached hydrogens (primary N) is 1. The number of nitrogens with one attached hydrogen (secondary N) is 1. The van der Waals surface area contributed by atoms with Crippen LogP contribution in [-0.4, -0.2) is 44.3 Å². The van der Waals surface area contributed by atoms with Gasteiger partial charge in [0.15, 0.2) is 0 Å². The van der Waals surface area contributed by atoms with Gasteiger partial charge in [-0.15, -0.1) is 11.3 Å². The third-order valence-corrected chi connectivity index (χ3v) is 6.68. The van der Waals surface area contributed by atoms with Gasteiger partial charge in [0.25, 0.3) is 10.0 Å². The second-order valence-electron chi connectivity index (χ2n) is 4.64. The molecular formula is C13H23N3O3S2. The van der Waals surface area contributed by atoms with E-state index >= 15 is 0 Å². The molecule has 8 heteroatoms. The lowest BCUT2D eigenvalue weighted by atomic mass is 10.3. The molecule has 1 heterocycles. The fourth-order valence-electron chi connectivity index (χ4n) is 1.79. The van der Waals surface area contributed by atoms with Crippen LogP contribution in [0.3, 0.4) is 0 Å². The lowest BCUT2D eigenvalue weighted by Gasteiger charge is -2.16. The van der Waals surface area contributed by atoms with Crippen LogP contribution in [0.25, 0.3) is 0 Å². The zero-order valence-corrected chi connectivity index (χ0v) is 14.3. The van der Waals surface area contributed by atoms with Crippen molar-refractivity contribution in [2.75, 3.05) is 19.6 Å². The minimum absolute atomic E-state index is 0.206. The van der Waals surface area contributed by atoms with E-state index in [2.05, 4.69) is 5.32 Å². The molecule has 6 nitrogen and oxygen atoms in total. The molecule has 0 unspecified atom stereocenters. The van der Waals surface area contributed by atoms with Gasteiger partial charge in [0.2, 0.25) is 5.91 Å². The Bertz CT molecular complexity index is 563. The van der Waals surface area contributed by atoms with Crippen LogP contribution in [0, 0.1) is 0 Å². The van der Waals surface area contributed by atoms with Crippen LogP contribution in [0.4, 0.5) is 0 Å². The van der Waals surface area contributed by atoms with Crippen molar-refractivity contribution in [3.05, 3.63) is 17.0 Å². The van der Waals surface area contributed by atoms with E-state index < -0.39 is 16.1 Å². The molecule has 0 aromatic carbocycles.